The third-order valence-corrected chi connectivity index (χ3v) is 2.77. The maximum atomic E-state index is 9.08. The van der Waals surface area contributed by atoms with Gasteiger partial charge in [0.2, 0.25) is 0 Å². The topological polar surface area (TPSA) is 66.5 Å². The number of aryl methyl sites for hydroxylation is 2. The van der Waals surface area contributed by atoms with Gasteiger partial charge >= 0.3 is 0 Å². The van der Waals surface area contributed by atoms with E-state index >= 15 is 0 Å². The van der Waals surface area contributed by atoms with Crippen molar-refractivity contribution in [1.82, 2.24) is 14.8 Å². The van der Waals surface area contributed by atoms with Crippen LogP contribution < -0.4 is 5.32 Å². The Hall–Kier alpha value is -2.35. The Kier molecular flexibility index (Phi) is 3.58. The van der Waals surface area contributed by atoms with Crippen molar-refractivity contribution in [3.05, 3.63) is 41.5 Å². The van der Waals surface area contributed by atoms with Crippen LogP contribution in [0.1, 0.15) is 23.9 Å². The van der Waals surface area contributed by atoms with Gasteiger partial charge in [-0.3, -0.25) is 0 Å². The Bertz CT molecular complexity index is 579. The lowest BCUT2D eigenvalue weighted by molar-refractivity contribution is 0.708. The second-order valence-corrected chi connectivity index (χ2v) is 4.05. The highest BCUT2D eigenvalue weighted by Crippen LogP contribution is 2.16. The molecule has 18 heavy (non-hydrogen) atoms. The Morgan fingerprint density at radius 1 is 1.44 bits per heavy atom. The molecule has 0 fully saturated rings. The number of nitrogens with one attached hydrogen (secondary N) is 1. The molecule has 5 nitrogen and oxygen atoms in total. The average Bonchev–Trinajstić information content (AvgIpc) is 2.84. The molecule has 2 rings (SSSR count). The molecule has 5 heteroatoms. The summed E-state index contributed by atoms with van der Waals surface area (Å²) in [5, 5.41) is 20.2. The van der Waals surface area contributed by atoms with Crippen molar-refractivity contribution in [2.45, 2.75) is 26.9 Å². The standard InChI is InChI=1S/C13H15N5/c1-3-18-9-16-17-13(18)8-15-12-5-4-10(2)6-11(12)7-14/h4-6,9,15H,3,8H2,1-2H3. The molecular formula is C13H15N5. The third-order valence-electron chi connectivity index (χ3n) is 2.77. The molecule has 0 bridgehead atoms. The minimum Gasteiger partial charge on any atom is -0.377 e. The number of hydrogen-bond acceptors (Lipinski definition) is 4. The lowest BCUT2D eigenvalue weighted by Gasteiger charge is -2.09. The smallest absolute Gasteiger partial charge is 0.152 e. The number of aromatic nitrogens is 3. The molecule has 1 N–H and O–H groups in total. The number of rotatable bonds is 4. The van der Waals surface area contributed by atoms with Crippen LogP contribution in [0.15, 0.2) is 24.5 Å². The van der Waals surface area contributed by atoms with Crippen molar-refractivity contribution in [2.24, 2.45) is 0 Å². The molecule has 0 aliphatic rings. The Morgan fingerprint density at radius 3 is 3.00 bits per heavy atom. The molecule has 2 aromatic rings. The molecule has 92 valence electrons. The SMILES string of the molecule is CCn1cnnc1CNc1ccc(C)cc1C#N. The number of nitrogens with zero attached hydrogens (tertiary/aromatic N) is 4. The van der Waals surface area contributed by atoms with E-state index in [1.807, 2.05) is 36.6 Å². The Morgan fingerprint density at radius 2 is 2.28 bits per heavy atom. The fourth-order valence-electron chi connectivity index (χ4n) is 1.76. The van der Waals surface area contributed by atoms with Gasteiger partial charge in [-0.15, -0.1) is 10.2 Å². The second-order valence-electron chi connectivity index (χ2n) is 4.05. The van der Waals surface area contributed by atoms with Gasteiger partial charge in [0.15, 0.2) is 5.82 Å². The number of benzene rings is 1. The largest absolute Gasteiger partial charge is 0.377 e. The first-order valence-electron chi connectivity index (χ1n) is 5.86. The summed E-state index contributed by atoms with van der Waals surface area (Å²) in [5.74, 6) is 0.863. The lowest BCUT2D eigenvalue weighted by atomic mass is 10.1. The van der Waals surface area contributed by atoms with E-state index in [0.717, 1.165) is 23.6 Å². The summed E-state index contributed by atoms with van der Waals surface area (Å²) < 4.78 is 1.97. The van der Waals surface area contributed by atoms with Gasteiger partial charge in [0.05, 0.1) is 17.8 Å². The Labute approximate surface area is 106 Å². The molecule has 0 spiro atoms. The molecule has 0 saturated heterocycles. The molecule has 0 atom stereocenters. The van der Waals surface area contributed by atoms with Crippen LogP contribution in [0.4, 0.5) is 5.69 Å². The van der Waals surface area contributed by atoms with Crippen molar-refractivity contribution in [3.63, 3.8) is 0 Å². The molecule has 0 aliphatic carbocycles. The molecule has 0 aliphatic heterocycles. The molecular weight excluding hydrogens is 226 g/mol. The van der Waals surface area contributed by atoms with Gasteiger partial charge in [-0.2, -0.15) is 5.26 Å². The van der Waals surface area contributed by atoms with E-state index < -0.39 is 0 Å². The van der Waals surface area contributed by atoms with Gasteiger partial charge in [-0.25, -0.2) is 0 Å². The fraction of sp³-hybridized carbons (Fsp3) is 0.308. The summed E-state index contributed by atoms with van der Waals surface area (Å²) in [6, 6.07) is 7.95. The molecule has 0 saturated carbocycles. The van der Waals surface area contributed by atoms with Crippen LogP contribution in [0.25, 0.3) is 0 Å². The van der Waals surface area contributed by atoms with E-state index in [1.165, 1.54) is 0 Å². The van der Waals surface area contributed by atoms with Crippen molar-refractivity contribution >= 4 is 5.69 Å². The molecule has 1 heterocycles. The predicted octanol–water partition coefficient (Wildman–Crippen LogP) is 2.09. The summed E-state index contributed by atoms with van der Waals surface area (Å²) in [6.45, 7) is 5.41. The fourth-order valence-corrected chi connectivity index (χ4v) is 1.76. The number of nitriles is 1. The van der Waals surface area contributed by atoms with E-state index in [0.29, 0.717) is 12.1 Å². The van der Waals surface area contributed by atoms with Gasteiger partial charge in [-0.1, -0.05) is 6.07 Å². The first-order valence-corrected chi connectivity index (χ1v) is 5.86. The first-order chi connectivity index (χ1) is 8.74. The number of hydrogen-bond donors (Lipinski definition) is 1. The van der Waals surface area contributed by atoms with Crippen LogP contribution in [0.3, 0.4) is 0 Å². The second kappa shape index (κ2) is 5.32. The van der Waals surface area contributed by atoms with Crippen molar-refractivity contribution in [1.29, 1.82) is 5.26 Å². The zero-order chi connectivity index (χ0) is 13.0. The van der Waals surface area contributed by atoms with E-state index in [1.54, 1.807) is 6.33 Å². The maximum Gasteiger partial charge on any atom is 0.152 e. The average molecular weight is 241 g/mol. The molecule has 1 aromatic heterocycles. The van der Waals surface area contributed by atoms with Crippen LogP contribution >= 0.6 is 0 Å². The summed E-state index contributed by atoms with van der Waals surface area (Å²) in [4.78, 5) is 0. The zero-order valence-corrected chi connectivity index (χ0v) is 10.5. The van der Waals surface area contributed by atoms with Crippen molar-refractivity contribution < 1.29 is 0 Å². The quantitative estimate of drug-likeness (QED) is 0.890. The van der Waals surface area contributed by atoms with Gasteiger partial charge in [0, 0.05) is 6.54 Å². The van der Waals surface area contributed by atoms with Crippen LogP contribution in [-0.2, 0) is 13.1 Å². The predicted molar refractivity (Wildman–Crippen MR) is 68.9 cm³/mol. The Balaban J connectivity index is 2.14. The monoisotopic (exact) mass is 241 g/mol. The molecule has 0 radical (unpaired) electrons. The molecule has 1 aromatic carbocycles. The highest BCUT2D eigenvalue weighted by molar-refractivity contribution is 5.58. The summed E-state index contributed by atoms with van der Waals surface area (Å²) in [7, 11) is 0. The van der Waals surface area contributed by atoms with Gasteiger partial charge in [0.1, 0.15) is 12.4 Å². The summed E-state index contributed by atoms with van der Waals surface area (Å²) in [5.41, 5.74) is 2.56. The summed E-state index contributed by atoms with van der Waals surface area (Å²) >= 11 is 0. The third kappa shape index (κ3) is 2.48. The zero-order valence-electron chi connectivity index (χ0n) is 10.5. The van der Waals surface area contributed by atoms with Crippen molar-refractivity contribution in [3.8, 4) is 6.07 Å². The van der Waals surface area contributed by atoms with E-state index in [-0.39, 0.29) is 0 Å². The normalized spacial score (nSPS) is 10.1. The van der Waals surface area contributed by atoms with Crippen LogP contribution in [0.2, 0.25) is 0 Å². The van der Waals surface area contributed by atoms with E-state index in [9.17, 15) is 0 Å². The van der Waals surface area contributed by atoms with Crippen LogP contribution in [-0.4, -0.2) is 14.8 Å². The van der Waals surface area contributed by atoms with Gasteiger partial charge in [0.25, 0.3) is 0 Å². The van der Waals surface area contributed by atoms with Gasteiger partial charge < -0.3 is 9.88 Å². The highest BCUT2D eigenvalue weighted by Gasteiger charge is 2.05. The van der Waals surface area contributed by atoms with Crippen LogP contribution in [0.5, 0.6) is 0 Å². The lowest BCUT2D eigenvalue weighted by Crippen LogP contribution is -2.08. The van der Waals surface area contributed by atoms with Crippen molar-refractivity contribution in [2.75, 3.05) is 5.32 Å². The first kappa shape index (κ1) is 12.1. The highest BCUT2D eigenvalue weighted by atomic mass is 15.3. The van der Waals surface area contributed by atoms with E-state index in [2.05, 4.69) is 21.6 Å². The maximum absolute atomic E-state index is 9.08. The van der Waals surface area contributed by atoms with Crippen LogP contribution in [0, 0.1) is 18.3 Å². The van der Waals surface area contributed by atoms with Gasteiger partial charge in [-0.05, 0) is 31.5 Å². The minimum absolute atomic E-state index is 0.561. The summed E-state index contributed by atoms with van der Waals surface area (Å²) in [6.07, 6.45) is 1.71. The molecule has 0 amide bonds. The minimum atomic E-state index is 0.561. The molecule has 0 unspecified atom stereocenters. The number of anilines is 1. The van der Waals surface area contributed by atoms with E-state index in [4.69, 9.17) is 5.26 Å².